The van der Waals surface area contributed by atoms with Crippen molar-refractivity contribution in [3.63, 3.8) is 0 Å². The van der Waals surface area contributed by atoms with Crippen molar-refractivity contribution in [3.05, 3.63) is 66.8 Å². The zero-order valence-corrected chi connectivity index (χ0v) is 18.5. The number of benzene rings is 1. The fourth-order valence-corrected chi connectivity index (χ4v) is 4.27. The number of rotatable bonds is 6. The molecule has 30 heavy (non-hydrogen) atoms. The Morgan fingerprint density at radius 1 is 1.20 bits per heavy atom. The number of esters is 1. The van der Waals surface area contributed by atoms with E-state index in [4.69, 9.17) is 39.5 Å². The first-order valence-electron chi connectivity index (χ1n) is 8.59. The summed E-state index contributed by atoms with van der Waals surface area (Å²) >= 11 is 19.0. The van der Waals surface area contributed by atoms with Crippen molar-refractivity contribution in [3.8, 4) is 11.1 Å². The Morgan fingerprint density at radius 2 is 1.90 bits per heavy atom. The van der Waals surface area contributed by atoms with Gasteiger partial charge in [0.1, 0.15) is 26.5 Å². The van der Waals surface area contributed by atoms with Gasteiger partial charge in [-0.1, -0.05) is 65.1 Å². The Hall–Kier alpha value is -2.39. The molecule has 0 atom stereocenters. The zero-order valence-electron chi connectivity index (χ0n) is 15.4. The van der Waals surface area contributed by atoms with Crippen molar-refractivity contribution in [2.75, 3.05) is 11.9 Å². The monoisotopic (exact) mass is 485 g/mol. The van der Waals surface area contributed by atoms with Crippen LogP contribution in [0.5, 0.6) is 0 Å². The normalized spacial score (nSPS) is 10.7. The number of anilines is 1. The van der Waals surface area contributed by atoms with Crippen LogP contribution in [0.4, 0.5) is 5.00 Å². The minimum absolute atomic E-state index is 0.0135. The Bertz CT molecular complexity index is 1160. The molecule has 11 heteroatoms. The van der Waals surface area contributed by atoms with Gasteiger partial charge in [0, 0.05) is 5.56 Å². The van der Waals surface area contributed by atoms with Crippen molar-refractivity contribution in [2.24, 2.45) is 0 Å². The second-order valence-electron chi connectivity index (χ2n) is 5.86. The summed E-state index contributed by atoms with van der Waals surface area (Å²) < 4.78 is 6.32. The molecule has 0 saturated carbocycles. The minimum Gasteiger partial charge on any atom is -0.462 e. The van der Waals surface area contributed by atoms with E-state index in [9.17, 15) is 14.4 Å². The highest BCUT2D eigenvalue weighted by atomic mass is 35.5. The summed E-state index contributed by atoms with van der Waals surface area (Å²) in [7, 11) is 0. The van der Waals surface area contributed by atoms with E-state index in [0.29, 0.717) is 15.5 Å². The summed E-state index contributed by atoms with van der Waals surface area (Å²) in [6.07, 6.45) is 1.16. The van der Waals surface area contributed by atoms with Crippen LogP contribution < -0.4 is 10.9 Å². The predicted octanol–water partition coefficient (Wildman–Crippen LogP) is 4.75. The van der Waals surface area contributed by atoms with Gasteiger partial charge >= 0.3 is 5.97 Å². The van der Waals surface area contributed by atoms with E-state index < -0.39 is 24.0 Å². The molecule has 0 aliphatic heterocycles. The molecule has 0 saturated heterocycles. The van der Waals surface area contributed by atoms with Crippen LogP contribution in [0.1, 0.15) is 17.3 Å². The summed E-state index contributed by atoms with van der Waals surface area (Å²) in [5, 5.41) is 6.35. The fraction of sp³-hybridized carbons (Fsp3) is 0.158. The number of hydrogen-bond acceptors (Lipinski definition) is 6. The summed E-state index contributed by atoms with van der Waals surface area (Å²) in [6, 6.07) is 9.03. The molecule has 0 aliphatic rings. The Balaban J connectivity index is 1.96. The highest BCUT2D eigenvalue weighted by Crippen LogP contribution is 2.43. The first-order valence-corrected chi connectivity index (χ1v) is 10.5. The lowest BCUT2D eigenvalue weighted by atomic mass is 10.0. The molecule has 3 aromatic rings. The van der Waals surface area contributed by atoms with Crippen LogP contribution in [0.15, 0.2) is 41.3 Å². The van der Waals surface area contributed by atoms with E-state index in [0.717, 1.165) is 22.2 Å². The van der Waals surface area contributed by atoms with E-state index in [1.165, 1.54) is 0 Å². The molecule has 0 fully saturated rings. The lowest BCUT2D eigenvalue weighted by Crippen LogP contribution is -2.30. The minimum atomic E-state index is -0.709. The van der Waals surface area contributed by atoms with Gasteiger partial charge in [-0.25, -0.2) is 9.48 Å². The van der Waals surface area contributed by atoms with Crippen LogP contribution in [-0.4, -0.2) is 28.3 Å². The van der Waals surface area contributed by atoms with Gasteiger partial charge in [-0.15, -0.1) is 11.3 Å². The molecule has 0 aliphatic carbocycles. The maximum absolute atomic E-state index is 12.6. The highest BCUT2D eigenvalue weighted by molar-refractivity contribution is 7.21. The number of amides is 1. The molecular weight excluding hydrogens is 473 g/mol. The molecule has 2 heterocycles. The van der Waals surface area contributed by atoms with Gasteiger partial charge in [0.15, 0.2) is 0 Å². The third-order valence-corrected chi connectivity index (χ3v) is 5.96. The molecule has 1 N–H and O–H groups in total. The summed E-state index contributed by atoms with van der Waals surface area (Å²) in [5.41, 5.74) is 0.588. The number of aromatic nitrogens is 2. The Kier molecular flexibility index (Phi) is 7.14. The van der Waals surface area contributed by atoms with E-state index >= 15 is 0 Å². The summed E-state index contributed by atoms with van der Waals surface area (Å²) in [6.45, 7) is 1.39. The number of halogens is 3. The van der Waals surface area contributed by atoms with Gasteiger partial charge < -0.3 is 10.1 Å². The van der Waals surface area contributed by atoms with Crippen molar-refractivity contribution in [1.82, 2.24) is 9.78 Å². The van der Waals surface area contributed by atoms with Crippen molar-refractivity contribution in [1.29, 1.82) is 0 Å². The van der Waals surface area contributed by atoms with E-state index in [1.54, 1.807) is 31.2 Å². The number of nitrogens with one attached hydrogen (secondary N) is 1. The van der Waals surface area contributed by atoms with Crippen molar-refractivity contribution < 1.29 is 14.3 Å². The van der Waals surface area contributed by atoms with Gasteiger partial charge in [0.25, 0.3) is 5.56 Å². The first-order chi connectivity index (χ1) is 14.3. The first kappa shape index (κ1) is 22.3. The van der Waals surface area contributed by atoms with Crippen LogP contribution in [0.25, 0.3) is 11.1 Å². The van der Waals surface area contributed by atoms with Crippen LogP contribution in [0.2, 0.25) is 14.4 Å². The average Bonchev–Trinajstić information content (AvgIpc) is 3.05. The second kappa shape index (κ2) is 9.61. The molecule has 0 spiro atoms. The smallest absolute Gasteiger partial charge is 0.341 e. The summed E-state index contributed by atoms with van der Waals surface area (Å²) in [4.78, 5) is 37.3. The third kappa shape index (κ3) is 4.67. The fourth-order valence-electron chi connectivity index (χ4n) is 2.61. The largest absolute Gasteiger partial charge is 0.462 e. The SMILES string of the molecule is CCOC(=O)c1c(NC(=O)Cn2ncc(Cl)c(Cl)c2=O)sc(Cl)c1-c1ccccc1. The molecule has 0 radical (unpaired) electrons. The molecule has 0 unspecified atom stereocenters. The van der Waals surface area contributed by atoms with E-state index in [-0.39, 0.29) is 27.2 Å². The molecular formula is C19H14Cl3N3O4S. The number of carbonyl (C=O) groups is 2. The molecule has 1 amide bonds. The maximum Gasteiger partial charge on any atom is 0.341 e. The molecule has 7 nitrogen and oxygen atoms in total. The van der Waals surface area contributed by atoms with Gasteiger partial charge in [0.05, 0.1) is 17.8 Å². The molecule has 3 rings (SSSR count). The topological polar surface area (TPSA) is 90.3 Å². The predicted molar refractivity (Wildman–Crippen MR) is 118 cm³/mol. The number of nitrogens with zero attached hydrogens (tertiary/aromatic N) is 2. The number of hydrogen-bond donors (Lipinski definition) is 1. The van der Waals surface area contributed by atoms with Crippen molar-refractivity contribution in [2.45, 2.75) is 13.5 Å². The van der Waals surface area contributed by atoms with Crippen LogP contribution >= 0.6 is 46.1 Å². The van der Waals surface area contributed by atoms with Crippen LogP contribution in [0, 0.1) is 0 Å². The van der Waals surface area contributed by atoms with E-state index in [2.05, 4.69) is 10.4 Å². The zero-order chi connectivity index (χ0) is 21.8. The molecule has 2 aromatic heterocycles. The van der Waals surface area contributed by atoms with Crippen molar-refractivity contribution >= 4 is 63.0 Å². The lowest BCUT2D eigenvalue weighted by Gasteiger charge is -2.09. The third-order valence-electron chi connectivity index (χ3n) is 3.90. The van der Waals surface area contributed by atoms with E-state index in [1.807, 2.05) is 6.07 Å². The Morgan fingerprint density at radius 3 is 2.57 bits per heavy atom. The number of carbonyl (C=O) groups excluding carboxylic acids is 2. The van der Waals surface area contributed by atoms with Gasteiger partial charge in [-0.3, -0.25) is 9.59 Å². The summed E-state index contributed by atoms with van der Waals surface area (Å²) in [5.74, 6) is -1.23. The van der Waals surface area contributed by atoms with Crippen LogP contribution in [0.3, 0.4) is 0 Å². The van der Waals surface area contributed by atoms with Crippen LogP contribution in [-0.2, 0) is 16.1 Å². The highest BCUT2D eigenvalue weighted by Gasteiger charge is 2.26. The standard InChI is InChI=1S/C19H14Cl3N3O4S/c1-2-29-19(28)14-13(10-6-4-3-5-7-10)16(22)30-17(14)24-12(26)9-25-18(27)15(21)11(20)8-23-25/h3-8H,2,9H2,1H3,(H,24,26). The Labute approximate surface area is 190 Å². The number of ether oxygens (including phenoxy) is 1. The maximum atomic E-state index is 12.6. The molecule has 156 valence electrons. The second-order valence-corrected chi connectivity index (χ2v) is 8.27. The molecule has 1 aromatic carbocycles. The lowest BCUT2D eigenvalue weighted by molar-refractivity contribution is -0.117. The van der Waals surface area contributed by atoms with Gasteiger partial charge in [0.2, 0.25) is 5.91 Å². The quantitative estimate of drug-likeness (QED) is 0.508. The van der Waals surface area contributed by atoms with Gasteiger partial charge in [-0.05, 0) is 12.5 Å². The number of thiophene rings is 1. The van der Waals surface area contributed by atoms with Gasteiger partial charge in [-0.2, -0.15) is 5.10 Å². The average molecular weight is 487 g/mol. The molecule has 0 bridgehead atoms.